The van der Waals surface area contributed by atoms with E-state index >= 15 is 0 Å². The summed E-state index contributed by atoms with van der Waals surface area (Å²) in [5.41, 5.74) is 6.98. The molecule has 1 aliphatic carbocycles. The highest BCUT2D eigenvalue weighted by atomic mass is 127. The van der Waals surface area contributed by atoms with E-state index in [0.29, 0.717) is 11.5 Å². The molecule has 1 unspecified atom stereocenters. The van der Waals surface area contributed by atoms with Gasteiger partial charge in [-0.1, -0.05) is 36.4 Å². The van der Waals surface area contributed by atoms with Gasteiger partial charge in [0.25, 0.3) is 5.91 Å². The fraction of sp³-hybridized carbons (Fsp3) is 0.240. The van der Waals surface area contributed by atoms with Crippen molar-refractivity contribution in [2.24, 2.45) is 5.92 Å². The summed E-state index contributed by atoms with van der Waals surface area (Å²) in [6, 6.07) is 22.8. The molecule has 0 bridgehead atoms. The largest absolute Gasteiger partial charge is 0.322 e. The van der Waals surface area contributed by atoms with Crippen LogP contribution in [-0.2, 0) is 19.3 Å². The van der Waals surface area contributed by atoms with E-state index < -0.39 is 0 Å². The molecule has 0 saturated heterocycles. The number of hydrogen-bond acceptors (Lipinski definition) is 1. The van der Waals surface area contributed by atoms with Crippen molar-refractivity contribution >= 4 is 34.2 Å². The number of carbonyl (C=O) groups is 1. The zero-order valence-corrected chi connectivity index (χ0v) is 18.2. The molecule has 1 amide bonds. The number of para-hydroxylation sites is 1. The van der Waals surface area contributed by atoms with Crippen LogP contribution in [0.15, 0.2) is 66.7 Å². The van der Waals surface area contributed by atoms with Crippen molar-refractivity contribution in [3.8, 4) is 0 Å². The van der Waals surface area contributed by atoms with E-state index in [1.165, 1.54) is 33.1 Å². The molecule has 1 N–H and O–H groups in total. The van der Waals surface area contributed by atoms with Crippen LogP contribution in [0.2, 0.25) is 0 Å². The van der Waals surface area contributed by atoms with Crippen LogP contribution in [-0.4, -0.2) is 5.91 Å². The molecular weight excluding hydrogens is 457 g/mol. The summed E-state index contributed by atoms with van der Waals surface area (Å²) in [5.74, 6) is 0.626. The summed E-state index contributed by atoms with van der Waals surface area (Å²) in [4.78, 5) is 12.5. The second-order valence-electron chi connectivity index (χ2n) is 7.69. The standard InChI is InChI=1S/C25H24INO/c1-17-4-2-3-5-24(17)27-25(28)20-9-6-18(7-10-20)14-19-8-11-22-16-23(26)13-12-21(22)15-19/h2-7,9-10,12-13,16,19H,8,11,14-15H2,1H3,(H,27,28). The molecule has 2 nitrogen and oxygen atoms in total. The summed E-state index contributed by atoms with van der Waals surface area (Å²) in [5, 5.41) is 3.00. The third-order valence-corrected chi connectivity index (χ3v) is 6.30. The fourth-order valence-corrected chi connectivity index (χ4v) is 4.56. The Morgan fingerprint density at radius 3 is 2.61 bits per heavy atom. The second-order valence-corrected chi connectivity index (χ2v) is 8.94. The Morgan fingerprint density at radius 2 is 1.82 bits per heavy atom. The van der Waals surface area contributed by atoms with Crippen LogP contribution in [0.5, 0.6) is 0 Å². The molecule has 0 heterocycles. The van der Waals surface area contributed by atoms with Gasteiger partial charge in [-0.25, -0.2) is 0 Å². The van der Waals surface area contributed by atoms with Crippen LogP contribution in [0.3, 0.4) is 0 Å². The summed E-state index contributed by atoms with van der Waals surface area (Å²) >= 11 is 2.39. The molecule has 0 aliphatic heterocycles. The number of halogens is 1. The third-order valence-electron chi connectivity index (χ3n) is 5.63. The van der Waals surface area contributed by atoms with Crippen molar-refractivity contribution in [1.29, 1.82) is 0 Å². The lowest BCUT2D eigenvalue weighted by atomic mass is 9.81. The molecule has 0 fully saturated rings. The molecule has 1 atom stereocenters. The first-order valence-corrected chi connectivity index (χ1v) is 10.9. The Labute approximate surface area is 180 Å². The van der Waals surface area contributed by atoms with E-state index in [1.807, 2.05) is 43.3 Å². The first-order valence-electron chi connectivity index (χ1n) is 9.82. The second kappa shape index (κ2) is 8.48. The Morgan fingerprint density at radius 1 is 1.04 bits per heavy atom. The number of rotatable bonds is 4. The predicted molar refractivity (Wildman–Crippen MR) is 124 cm³/mol. The number of anilines is 1. The monoisotopic (exact) mass is 481 g/mol. The molecule has 3 aromatic rings. The SMILES string of the molecule is Cc1ccccc1NC(=O)c1ccc(CC2CCc3cc(I)ccc3C2)cc1. The Balaban J connectivity index is 1.39. The molecular formula is C25H24INO. The van der Waals surface area contributed by atoms with Gasteiger partial charge in [-0.15, -0.1) is 0 Å². The minimum Gasteiger partial charge on any atom is -0.322 e. The van der Waals surface area contributed by atoms with Gasteiger partial charge in [-0.2, -0.15) is 0 Å². The van der Waals surface area contributed by atoms with Gasteiger partial charge >= 0.3 is 0 Å². The number of hydrogen-bond donors (Lipinski definition) is 1. The predicted octanol–water partition coefficient (Wildman–Crippen LogP) is 6.20. The fourth-order valence-electron chi connectivity index (χ4n) is 4.01. The summed E-state index contributed by atoms with van der Waals surface area (Å²) in [7, 11) is 0. The number of benzene rings is 3. The average molecular weight is 481 g/mol. The highest BCUT2D eigenvalue weighted by Gasteiger charge is 2.19. The summed E-state index contributed by atoms with van der Waals surface area (Å²) in [6.45, 7) is 2.00. The van der Waals surface area contributed by atoms with Gasteiger partial charge in [0.15, 0.2) is 0 Å². The quantitative estimate of drug-likeness (QED) is 0.442. The zero-order valence-electron chi connectivity index (χ0n) is 16.0. The van der Waals surface area contributed by atoms with Crippen molar-refractivity contribution in [1.82, 2.24) is 0 Å². The molecule has 3 heteroatoms. The van der Waals surface area contributed by atoms with Crippen LogP contribution in [0, 0.1) is 16.4 Å². The van der Waals surface area contributed by atoms with Crippen LogP contribution >= 0.6 is 22.6 Å². The maximum absolute atomic E-state index is 12.5. The van der Waals surface area contributed by atoms with Gasteiger partial charge in [-0.3, -0.25) is 4.79 Å². The molecule has 3 aromatic carbocycles. The van der Waals surface area contributed by atoms with Crippen molar-refractivity contribution in [3.05, 3.63) is 98.1 Å². The minimum absolute atomic E-state index is 0.0537. The van der Waals surface area contributed by atoms with Gasteiger partial charge in [0.1, 0.15) is 0 Å². The summed E-state index contributed by atoms with van der Waals surface area (Å²) in [6.07, 6.45) is 4.64. The van der Waals surface area contributed by atoms with E-state index in [-0.39, 0.29) is 5.91 Å². The smallest absolute Gasteiger partial charge is 0.255 e. The molecule has 1 aliphatic rings. The zero-order chi connectivity index (χ0) is 19.5. The number of amides is 1. The normalized spacial score (nSPS) is 15.7. The molecule has 142 valence electrons. The van der Waals surface area contributed by atoms with Crippen LogP contribution in [0.1, 0.15) is 39.0 Å². The minimum atomic E-state index is -0.0537. The first-order chi connectivity index (χ1) is 13.6. The van der Waals surface area contributed by atoms with E-state index in [4.69, 9.17) is 0 Å². The number of carbonyl (C=O) groups excluding carboxylic acids is 1. The van der Waals surface area contributed by atoms with E-state index in [9.17, 15) is 4.79 Å². The number of nitrogens with one attached hydrogen (secondary N) is 1. The summed E-state index contributed by atoms with van der Waals surface area (Å²) < 4.78 is 1.33. The van der Waals surface area contributed by atoms with Crippen molar-refractivity contribution in [2.45, 2.75) is 32.6 Å². The number of aryl methyl sites for hydroxylation is 2. The van der Waals surface area contributed by atoms with Gasteiger partial charge in [0.2, 0.25) is 0 Å². The van der Waals surface area contributed by atoms with Crippen molar-refractivity contribution in [3.63, 3.8) is 0 Å². The highest BCUT2D eigenvalue weighted by Crippen LogP contribution is 2.29. The van der Waals surface area contributed by atoms with E-state index in [0.717, 1.165) is 24.1 Å². The van der Waals surface area contributed by atoms with Crippen LogP contribution < -0.4 is 5.32 Å². The molecule has 0 radical (unpaired) electrons. The Kier molecular flexibility index (Phi) is 5.81. The van der Waals surface area contributed by atoms with Crippen molar-refractivity contribution < 1.29 is 4.79 Å². The van der Waals surface area contributed by atoms with Gasteiger partial charge in [-0.05, 0) is 114 Å². The maximum Gasteiger partial charge on any atom is 0.255 e. The van der Waals surface area contributed by atoms with E-state index in [2.05, 4.69) is 58.2 Å². The molecule has 28 heavy (non-hydrogen) atoms. The highest BCUT2D eigenvalue weighted by molar-refractivity contribution is 14.1. The number of fused-ring (bicyclic) bond motifs is 1. The molecule has 0 aromatic heterocycles. The molecule has 0 spiro atoms. The lowest BCUT2D eigenvalue weighted by Gasteiger charge is -2.25. The van der Waals surface area contributed by atoms with Crippen molar-refractivity contribution in [2.75, 3.05) is 5.32 Å². The van der Waals surface area contributed by atoms with E-state index in [1.54, 1.807) is 0 Å². The molecule has 0 saturated carbocycles. The average Bonchev–Trinajstić information content (AvgIpc) is 2.70. The maximum atomic E-state index is 12.5. The lowest BCUT2D eigenvalue weighted by molar-refractivity contribution is 0.102. The van der Waals surface area contributed by atoms with Gasteiger partial charge in [0, 0.05) is 14.8 Å². The lowest BCUT2D eigenvalue weighted by Crippen LogP contribution is -2.17. The third kappa shape index (κ3) is 4.46. The topological polar surface area (TPSA) is 29.1 Å². The van der Waals surface area contributed by atoms with Gasteiger partial charge in [0.05, 0.1) is 0 Å². The Bertz CT molecular complexity index is 994. The van der Waals surface area contributed by atoms with Crippen LogP contribution in [0.25, 0.3) is 0 Å². The Hall–Kier alpha value is -2.14. The molecule has 4 rings (SSSR count). The first kappa shape index (κ1) is 19.2. The van der Waals surface area contributed by atoms with Gasteiger partial charge < -0.3 is 5.32 Å². The van der Waals surface area contributed by atoms with Crippen LogP contribution in [0.4, 0.5) is 5.69 Å².